The zero-order valence-electron chi connectivity index (χ0n) is 7.87. The van der Waals surface area contributed by atoms with E-state index in [1.807, 2.05) is 13.0 Å². The molecule has 0 heterocycles. The van der Waals surface area contributed by atoms with Crippen LogP contribution in [0.1, 0.15) is 17.3 Å². The maximum absolute atomic E-state index is 13.2. The van der Waals surface area contributed by atoms with Gasteiger partial charge in [0.05, 0.1) is 0 Å². The first-order valence-electron chi connectivity index (χ1n) is 4.26. The Bertz CT molecular complexity index is 345. The zero-order chi connectivity index (χ0) is 10.4. The Labute approximate surface area is 82.0 Å². The lowest BCUT2D eigenvalue weighted by Crippen LogP contribution is -1.96. The smallest absolute Gasteiger partial charge is 0.165 e. The molecule has 0 spiro atoms. The van der Waals surface area contributed by atoms with Crippen LogP contribution in [0.15, 0.2) is 30.4 Å². The SMILES string of the molecule is C/C=C/COc1ccc(C=O)cc1F. The lowest BCUT2D eigenvalue weighted by atomic mass is 10.2. The van der Waals surface area contributed by atoms with Crippen LogP contribution in [0.4, 0.5) is 4.39 Å². The molecule has 0 saturated carbocycles. The van der Waals surface area contributed by atoms with Crippen molar-refractivity contribution in [3.05, 3.63) is 41.7 Å². The molecule has 1 aromatic carbocycles. The summed E-state index contributed by atoms with van der Waals surface area (Å²) in [6.45, 7) is 2.18. The van der Waals surface area contributed by atoms with Gasteiger partial charge in [-0.3, -0.25) is 4.79 Å². The third-order valence-corrected chi connectivity index (χ3v) is 1.66. The van der Waals surface area contributed by atoms with E-state index in [0.717, 1.165) is 6.07 Å². The fraction of sp³-hybridized carbons (Fsp3) is 0.182. The number of hydrogen-bond acceptors (Lipinski definition) is 2. The summed E-state index contributed by atoms with van der Waals surface area (Å²) in [6.07, 6.45) is 4.18. The number of ether oxygens (including phenoxy) is 1. The minimum absolute atomic E-state index is 0.161. The second kappa shape index (κ2) is 5.17. The molecule has 3 heteroatoms. The maximum Gasteiger partial charge on any atom is 0.165 e. The minimum atomic E-state index is -0.515. The first kappa shape index (κ1) is 10.4. The van der Waals surface area contributed by atoms with Crippen LogP contribution in [-0.4, -0.2) is 12.9 Å². The molecule has 74 valence electrons. The first-order chi connectivity index (χ1) is 6.77. The van der Waals surface area contributed by atoms with Gasteiger partial charge in [0.2, 0.25) is 0 Å². The van der Waals surface area contributed by atoms with Crippen LogP contribution in [0.5, 0.6) is 5.75 Å². The molecular weight excluding hydrogens is 183 g/mol. The Morgan fingerprint density at radius 2 is 2.29 bits per heavy atom. The molecule has 0 fully saturated rings. The van der Waals surface area contributed by atoms with Crippen LogP contribution < -0.4 is 4.74 Å². The summed E-state index contributed by atoms with van der Waals surface area (Å²) in [6, 6.07) is 4.11. The number of hydrogen-bond donors (Lipinski definition) is 0. The summed E-state index contributed by atoms with van der Waals surface area (Å²) in [4.78, 5) is 10.3. The second-order valence-electron chi connectivity index (χ2n) is 2.69. The summed E-state index contributed by atoms with van der Waals surface area (Å²) in [5.74, 6) is -0.354. The minimum Gasteiger partial charge on any atom is -0.486 e. The summed E-state index contributed by atoms with van der Waals surface area (Å²) < 4.78 is 18.3. The van der Waals surface area contributed by atoms with E-state index in [1.165, 1.54) is 12.1 Å². The third-order valence-electron chi connectivity index (χ3n) is 1.66. The lowest BCUT2D eigenvalue weighted by Gasteiger charge is -2.04. The Balaban J connectivity index is 2.73. The normalized spacial score (nSPS) is 10.4. The number of carbonyl (C=O) groups is 1. The molecule has 0 bridgehead atoms. The molecular formula is C11H11FO2. The van der Waals surface area contributed by atoms with Crippen LogP contribution in [-0.2, 0) is 0 Å². The highest BCUT2D eigenvalue weighted by atomic mass is 19.1. The second-order valence-corrected chi connectivity index (χ2v) is 2.69. The van der Waals surface area contributed by atoms with Gasteiger partial charge in [0.1, 0.15) is 12.9 Å². The zero-order valence-corrected chi connectivity index (χ0v) is 7.87. The highest BCUT2D eigenvalue weighted by Gasteiger charge is 2.02. The molecule has 0 atom stereocenters. The van der Waals surface area contributed by atoms with Gasteiger partial charge in [0.25, 0.3) is 0 Å². The van der Waals surface area contributed by atoms with E-state index in [4.69, 9.17) is 4.74 Å². The van der Waals surface area contributed by atoms with E-state index in [2.05, 4.69) is 0 Å². The summed E-state index contributed by atoms with van der Waals surface area (Å²) in [5, 5.41) is 0. The molecule has 2 nitrogen and oxygen atoms in total. The van der Waals surface area contributed by atoms with Crippen molar-refractivity contribution in [2.75, 3.05) is 6.61 Å². The van der Waals surface area contributed by atoms with Crippen molar-refractivity contribution in [3.8, 4) is 5.75 Å². The van der Waals surface area contributed by atoms with Crippen molar-refractivity contribution in [2.24, 2.45) is 0 Å². The van der Waals surface area contributed by atoms with Crippen LogP contribution in [0, 0.1) is 5.82 Å². The van der Waals surface area contributed by atoms with Crippen molar-refractivity contribution in [3.63, 3.8) is 0 Å². The van der Waals surface area contributed by atoms with Crippen molar-refractivity contribution >= 4 is 6.29 Å². The van der Waals surface area contributed by atoms with Gasteiger partial charge < -0.3 is 4.74 Å². The molecule has 1 aromatic rings. The lowest BCUT2D eigenvalue weighted by molar-refractivity contribution is 0.112. The summed E-state index contributed by atoms with van der Waals surface area (Å²) in [5.41, 5.74) is 0.306. The number of halogens is 1. The van der Waals surface area contributed by atoms with Gasteiger partial charge in [-0.1, -0.05) is 12.2 Å². The third kappa shape index (κ3) is 2.69. The van der Waals surface area contributed by atoms with Crippen molar-refractivity contribution < 1.29 is 13.9 Å². The highest BCUT2D eigenvalue weighted by Crippen LogP contribution is 2.17. The quantitative estimate of drug-likeness (QED) is 0.544. The molecule has 0 radical (unpaired) electrons. The monoisotopic (exact) mass is 194 g/mol. The van der Waals surface area contributed by atoms with E-state index in [9.17, 15) is 9.18 Å². The standard InChI is InChI=1S/C11H11FO2/c1-2-3-6-14-11-5-4-9(8-13)7-10(11)12/h2-5,7-8H,6H2,1H3/b3-2+. The van der Waals surface area contributed by atoms with Gasteiger partial charge in [-0.2, -0.15) is 0 Å². The number of carbonyl (C=O) groups excluding carboxylic acids is 1. The van der Waals surface area contributed by atoms with Gasteiger partial charge >= 0.3 is 0 Å². The van der Waals surface area contributed by atoms with Gasteiger partial charge in [-0.05, 0) is 25.1 Å². The Morgan fingerprint density at radius 3 is 2.86 bits per heavy atom. The molecule has 0 aliphatic heterocycles. The van der Waals surface area contributed by atoms with Crippen LogP contribution in [0.25, 0.3) is 0 Å². The molecule has 0 aromatic heterocycles. The van der Waals surface area contributed by atoms with E-state index in [0.29, 0.717) is 18.5 Å². The Hall–Kier alpha value is -1.64. The molecule has 0 saturated heterocycles. The molecule has 1 rings (SSSR count). The fourth-order valence-electron chi connectivity index (χ4n) is 0.942. The topological polar surface area (TPSA) is 26.3 Å². The summed E-state index contributed by atoms with van der Waals surface area (Å²) in [7, 11) is 0. The maximum atomic E-state index is 13.2. The van der Waals surface area contributed by atoms with E-state index in [-0.39, 0.29) is 5.75 Å². The number of aldehydes is 1. The Kier molecular flexibility index (Phi) is 3.85. The average Bonchev–Trinajstić information content (AvgIpc) is 2.20. The van der Waals surface area contributed by atoms with Gasteiger partial charge in [-0.25, -0.2) is 4.39 Å². The predicted octanol–water partition coefficient (Wildman–Crippen LogP) is 2.59. The van der Waals surface area contributed by atoms with Crippen LogP contribution in [0.3, 0.4) is 0 Å². The highest BCUT2D eigenvalue weighted by molar-refractivity contribution is 5.74. The number of benzene rings is 1. The molecule has 0 aliphatic rings. The van der Waals surface area contributed by atoms with E-state index in [1.54, 1.807) is 6.08 Å². The van der Waals surface area contributed by atoms with Gasteiger partial charge in [-0.15, -0.1) is 0 Å². The molecule has 0 amide bonds. The Morgan fingerprint density at radius 1 is 1.50 bits per heavy atom. The number of rotatable bonds is 4. The molecule has 0 aliphatic carbocycles. The average molecular weight is 194 g/mol. The van der Waals surface area contributed by atoms with Crippen molar-refractivity contribution in [1.29, 1.82) is 0 Å². The molecule has 0 unspecified atom stereocenters. The van der Waals surface area contributed by atoms with E-state index >= 15 is 0 Å². The van der Waals surface area contributed by atoms with Crippen LogP contribution >= 0.6 is 0 Å². The van der Waals surface area contributed by atoms with E-state index < -0.39 is 5.82 Å². The molecule has 14 heavy (non-hydrogen) atoms. The van der Waals surface area contributed by atoms with Gasteiger partial charge in [0, 0.05) is 5.56 Å². The largest absolute Gasteiger partial charge is 0.486 e. The predicted molar refractivity (Wildman–Crippen MR) is 52.1 cm³/mol. The fourth-order valence-corrected chi connectivity index (χ4v) is 0.942. The first-order valence-corrected chi connectivity index (χ1v) is 4.26. The summed E-state index contributed by atoms with van der Waals surface area (Å²) >= 11 is 0. The molecule has 0 N–H and O–H groups in total. The van der Waals surface area contributed by atoms with Crippen LogP contribution in [0.2, 0.25) is 0 Å². The van der Waals surface area contributed by atoms with Crippen molar-refractivity contribution in [2.45, 2.75) is 6.92 Å². The van der Waals surface area contributed by atoms with Gasteiger partial charge in [0.15, 0.2) is 11.6 Å². The number of allylic oxidation sites excluding steroid dienone is 1. The van der Waals surface area contributed by atoms with Crippen molar-refractivity contribution in [1.82, 2.24) is 0 Å².